The molecule has 1 N–H and O–H groups in total. The van der Waals surface area contributed by atoms with Gasteiger partial charge in [0.05, 0.1) is 24.8 Å². The lowest BCUT2D eigenvalue weighted by Crippen LogP contribution is -2.23. The largest absolute Gasteiger partial charge is 0.350 e. The van der Waals surface area contributed by atoms with Crippen LogP contribution in [0, 0.1) is 32.1 Å². The number of hydrogen-bond acceptors (Lipinski definition) is 8. The van der Waals surface area contributed by atoms with Gasteiger partial charge in [-0.25, -0.2) is 4.98 Å². The summed E-state index contributed by atoms with van der Waals surface area (Å²) in [5.74, 6) is 0.956. The van der Waals surface area contributed by atoms with E-state index in [0.29, 0.717) is 36.2 Å². The molecule has 8 nitrogen and oxygen atoms in total. The van der Waals surface area contributed by atoms with Crippen LogP contribution in [0.4, 0.5) is 23.1 Å². The fourth-order valence-corrected chi connectivity index (χ4v) is 5.71. The van der Waals surface area contributed by atoms with E-state index in [1.54, 1.807) is 41.4 Å². The second kappa shape index (κ2) is 14.1. The predicted octanol–water partition coefficient (Wildman–Crippen LogP) is 7.94. The molecule has 0 aliphatic heterocycles. The van der Waals surface area contributed by atoms with Crippen molar-refractivity contribution < 1.29 is 13.6 Å². The van der Waals surface area contributed by atoms with Crippen molar-refractivity contribution in [3.05, 3.63) is 70.9 Å². The number of nitrogens with zero attached hydrogens (tertiary/aromatic N) is 4. The summed E-state index contributed by atoms with van der Waals surface area (Å²) in [7, 11) is -3.53. The third kappa shape index (κ3) is 8.13. The Bertz CT molecular complexity index is 1250. The van der Waals surface area contributed by atoms with Crippen LogP contribution in [0.2, 0.25) is 0 Å². The zero-order chi connectivity index (χ0) is 27.5. The second-order valence-corrected chi connectivity index (χ2v) is 11.4. The van der Waals surface area contributed by atoms with E-state index in [1.807, 2.05) is 0 Å². The Morgan fingerprint density at radius 1 is 0.974 bits per heavy atom. The van der Waals surface area contributed by atoms with Gasteiger partial charge in [0, 0.05) is 17.6 Å². The quantitative estimate of drug-likeness (QED) is 0.164. The third-order valence-corrected chi connectivity index (χ3v) is 7.79. The Hall–Kier alpha value is -3.24. The lowest BCUT2D eigenvalue weighted by Gasteiger charge is -2.28. The topological polar surface area (TPSA) is 100 Å². The molecule has 0 amide bonds. The van der Waals surface area contributed by atoms with Crippen LogP contribution in [0.25, 0.3) is 0 Å². The molecule has 0 saturated carbocycles. The first-order valence-corrected chi connectivity index (χ1v) is 14.8. The molecule has 1 aromatic heterocycles. The highest BCUT2D eigenvalue weighted by Gasteiger charge is 2.30. The normalized spacial score (nSPS) is 11.3. The summed E-state index contributed by atoms with van der Waals surface area (Å²) in [6.07, 6.45) is 5.01. The molecular weight excluding hydrogens is 497 g/mol. The van der Waals surface area contributed by atoms with Gasteiger partial charge in [-0.2, -0.15) is 10.2 Å². The van der Waals surface area contributed by atoms with Gasteiger partial charge >= 0.3 is 7.60 Å². The molecular formula is C29H38N5O3P. The summed E-state index contributed by atoms with van der Waals surface area (Å²) in [5, 5.41) is 12.7. The van der Waals surface area contributed by atoms with E-state index >= 15 is 0 Å². The number of unbranched alkanes of at least 4 members (excludes halogenated alkanes) is 2. The summed E-state index contributed by atoms with van der Waals surface area (Å²) < 4.78 is 25.7. The highest BCUT2D eigenvalue weighted by molar-refractivity contribution is 7.54. The molecule has 202 valence electrons. The molecule has 0 aliphatic rings. The molecule has 0 atom stereocenters. The van der Waals surface area contributed by atoms with Crippen molar-refractivity contribution in [2.45, 2.75) is 60.3 Å². The molecule has 3 rings (SSSR count). The van der Waals surface area contributed by atoms with E-state index in [-0.39, 0.29) is 6.29 Å². The van der Waals surface area contributed by atoms with Gasteiger partial charge in [-0.3, -0.25) is 9.46 Å². The summed E-state index contributed by atoms with van der Waals surface area (Å²) in [4.78, 5) is 11.0. The molecule has 0 radical (unpaired) electrons. The Kier molecular flexibility index (Phi) is 10.8. The number of anilines is 4. The van der Waals surface area contributed by atoms with E-state index in [0.717, 1.165) is 42.5 Å². The first kappa shape index (κ1) is 29.3. The lowest BCUT2D eigenvalue weighted by atomic mass is 10.1. The molecule has 9 heteroatoms. The summed E-state index contributed by atoms with van der Waals surface area (Å²) in [5.41, 5.74) is 5.62. The van der Waals surface area contributed by atoms with Gasteiger partial charge in [0.1, 0.15) is 12.1 Å². The van der Waals surface area contributed by atoms with Gasteiger partial charge in [0.2, 0.25) is 5.95 Å². The van der Waals surface area contributed by atoms with E-state index in [4.69, 9.17) is 14.0 Å². The fourth-order valence-electron chi connectivity index (χ4n) is 4.02. The van der Waals surface area contributed by atoms with Crippen LogP contribution in [-0.4, -0.2) is 29.5 Å². The molecule has 1 heterocycles. The van der Waals surface area contributed by atoms with Crippen molar-refractivity contribution >= 4 is 30.7 Å². The SMILES string of the molecule is CCCCOP(=O)(CN(c1ccc(C#N)cc1)c1nccc(Nc2c(C)cc(C)cc2C)n1)OCCCC. The molecule has 0 fully saturated rings. The first-order chi connectivity index (χ1) is 18.3. The van der Waals surface area contributed by atoms with Gasteiger partial charge in [-0.1, -0.05) is 44.4 Å². The predicted molar refractivity (Wildman–Crippen MR) is 153 cm³/mol. The van der Waals surface area contributed by atoms with Gasteiger partial charge in [-0.05, 0) is 75.1 Å². The first-order valence-electron chi connectivity index (χ1n) is 13.1. The zero-order valence-electron chi connectivity index (χ0n) is 23.0. The monoisotopic (exact) mass is 535 g/mol. The van der Waals surface area contributed by atoms with Crippen LogP contribution in [-0.2, 0) is 13.6 Å². The van der Waals surface area contributed by atoms with Crippen molar-refractivity contribution in [2.24, 2.45) is 0 Å². The molecule has 38 heavy (non-hydrogen) atoms. The molecule has 0 bridgehead atoms. The average molecular weight is 536 g/mol. The summed E-state index contributed by atoms with van der Waals surface area (Å²) >= 11 is 0. The van der Waals surface area contributed by atoms with E-state index in [9.17, 15) is 9.83 Å². The standard InChI is InChI=1S/C29H38N5O3P/c1-6-8-16-36-38(35,37-17-9-7-2)21-34(26-12-10-25(20-30)11-13-26)29-31-15-14-27(33-29)32-28-23(4)18-22(3)19-24(28)5/h10-15,18-19H,6-9,16-17,21H2,1-5H3,(H,31,32,33). The van der Waals surface area contributed by atoms with E-state index in [2.05, 4.69) is 63.1 Å². The highest BCUT2D eigenvalue weighted by atomic mass is 31.2. The fraction of sp³-hybridized carbons (Fsp3) is 0.414. The number of nitrogens with one attached hydrogen (secondary N) is 1. The van der Waals surface area contributed by atoms with Crippen LogP contribution in [0.1, 0.15) is 61.8 Å². The Morgan fingerprint density at radius 2 is 1.58 bits per heavy atom. The van der Waals surface area contributed by atoms with Crippen LogP contribution in [0.15, 0.2) is 48.7 Å². The number of hydrogen-bond donors (Lipinski definition) is 1. The molecule has 3 aromatic rings. The minimum Gasteiger partial charge on any atom is -0.340 e. The van der Waals surface area contributed by atoms with Crippen molar-refractivity contribution in [3.63, 3.8) is 0 Å². The number of nitriles is 1. The number of rotatable bonds is 14. The Balaban J connectivity index is 1.99. The molecule has 2 aromatic carbocycles. The van der Waals surface area contributed by atoms with Crippen LogP contribution >= 0.6 is 7.60 Å². The van der Waals surface area contributed by atoms with E-state index < -0.39 is 7.60 Å². The van der Waals surface area contributed by atoms with Crippen LogP contribution in [0.3, 0.4) is 0 Å². The van der Waals surface area contributed by atoms with Gasteiger partial charge in [0.25, 0.3) is 0 Å². The third-order valence-electron chi connectivity index (χ3n) is 6.01. The smallest absolute Gasteiger partial charge is 0.340 e. The molecule has 0 aliphatic carbocycles. The van der Waals surface area contributed by atoms with Crippen LogP contribution in [0.5, 0.6) is 0 Å². The van der Waals surface area contributed by atoms with Crippen LogP contribution < -0.4 is 10.2 Å². The maximum absolute atomic E-state index is 13.9. The minimum atomic E-state index is -3.53. The van der Waals surface area contributed by atoms with Gasteiger partial charge in [0.15, 0.2) is 0 Å². The van der Waals surface area contributed by atoms with Crippen molar-refractivity contribution in [2.75, 3.05) is 29.7 Å². The van der Waals surface area contributed by atoms with E-state index in [1.165, 1.54) is 5.56 Å². The van der Waals surface area contributed by atoms with Gasteiger partial charge in [-0.15, -0.1) is 0 Å². The van der Waals surface area contributed by atoms with Crippen molar-refractivity contribution in [3.8, 4) is 6.07 Å². The zero-order valence-corrected chi connectivity index (χ0v) is 23.9. The highest BCUT2D eigenvalue weighted by Crippen LogP contribution is 2.51. The van der Waals surface area contributed by atoms with Crippen molar-refractivity contribution in [1.82, 2.24) is 9.97 Å². The number of aryl methyl sites for hydroxylation is 3. The summed E-state index contributed by atoms with van der Waals surface area (Å²) in [6, 6.07) is 15.2. The molecule has 0 saturated heterocycles. The average Bonchev–Trinajstić information content (AvgIpc) is 2.90. The Morgan fingerprint density at radius 3 is 2.13 bits per heavy atom. The number of benzene rings is 2. The molecule has 0 spiro atoms. The maximum Gasteiger partial charge on any atom is 0.350 e. The molecule has 0 unspecified atom stereocenters. The lowest BCUT2D eigenvalue weighted by molar-refractivity contribution is 0.200. The minimum absolute atomic E-state index is 0.0572. The van der Waals surface area contributed by atoms with Crippen molar-refractivity contribution in [1.29, 1.82) is 5.26 Å². The number of aromatic nitrogens is 2. The second-order valence-electron chi connectivity index (χ2n) is 9.35. The maximum atomic E-state index is 13.9. The van der Waals surface area contributed by atoms with Gasteiger partial charge < -0.3 is 14.4 Å². The summed E-state index contributed by atoms with van der Waals surface area (Å²) in [6.45, 7) is 11.0. The Labute approximate surface area is 226 Å².